The van der Waals surface area contributed by atoms with Crippen molar-refractivity contribution in [2.24, 2.45) is 0 Å². The average molecular weight is 189 g/mol. The fourth-order valence-corrected chi connectivity index (χ4v) is 1.58. The molecule has 1 aromatic carbocycles. The molecule has 74 valence electrons. The summed E-state index contributed by atoms with van der Waals surface area (Å²) in [7, 11) is 0. The van der Waals surface area contributed by atoms with Crippen molar-refractivity contribution in [2.45, 2.75) is 19.9 Å². The Balaban J connectivity index is 2.35. The van der Waals surface area contributed by atoms with E-state index in [1.165, 1.54) is 0 Å². The molecule has 0 radical (unpaired) electrons. The summed E-state index contributed by atoms with van der Waals surface area (Å²) in [5.41, 5.74) is 2.14. The van der Waals surface area contributed by atoms with E-state index >= 15 is 0 Å². The Labute approximate surface area is 83.6 Å². The summed E-state index contributed by atoms with van der Waals surface area (Å²) < 4.78 is 0. The van der Waals surface area contributed by atoms with Crippen LogP contribution in [0.1, 0.15) is 25.7 Å². The van der Waals surface area contributed by atoms with Crippen molar-refractivity contribution in [2.75, 3.05) is 6.54 Å². The van der Waals surface area contributed by atoms with E-state index in [-0.39, 0.29) is 6.04 Å². The second-order valence-electron chi connectivity index (χ2n) is 3.42. The first-order valence-corrected chi connectivity index (χ1v) is 4.99. The predicted molar refractivity (Wildman–Crippen MR) is 58.2 cm³/mol. The zero-order valence-electron chi connectivity index (χ0n) is 8.54. The Hall–Kier alpha value is -1.35. The van der Waals surface area contributed by atoms with Crippen LogP contribution < -0.4 is 5.32 Å². The van der Waals surface area contributed by atoms with Crippen LogP contribution in [0.5, 0.6) is 0 Å². The van der Waals surface area contributed by atoms with Crippen LogP contribution in [0.15, 0.2) is 24.3 Å². The lowest BCUT2D eigenvalue weighted by Crippen LogP contribution is -2.18. The quantitative estimate of drug-likeness (QED) is 0.777. The Morgan fingerprint density at radius 3 is 2.93 bits per heavy atom. The number of nitrogens with one attached hydrogen (secondary N) is 2. The van der Waals surface area contributed by atoms with E-state index in [1.807, 2.05) is 24.3 Å². The molecule has 0 spiro atoms. The van der Waals surface area contributed by atoms with E-state index < -0.39 is 0 Å². The van der Waals surface area contributed by atoms with Gasteiger partial charge in [0.1, 0.15) is 5.82 Å². The minimum absolute atomic E-state index is 0.285. The van der Waals surface area contributed by atoms with Crippen molar-refractivity contribution in [3.05, 3.63) is 30.1 Å². The van der Waals surface area contributed by atoms with Gasteiger partial charge < -0.3 is 10.3 Å². The number of H-pyrrole nitrogens is 1. The fourth-order valence-electron chi connectivity index (χ4n) is 1.58. The molecule has 2 rings (SSSR count). The third-order valence-electron chi connectivity index (χ3n) is 2.33. The molecule has 2 aromatic rings. The fraction of sp³-hybridized carbons (Fsp3) is 0.364. The molecule has 14 heavy (non-hydrogen) atoms. The minimum Gasteiger partial charge on any atom is -0.341 e. The Bertz CT molecular complexity index is 386. The summed E-state index contributed by atoms with van der Waals surface area (Å²) in [5.74, 6) is 1.01. The van der Waals surface area contributed by atoms with Crippen LogP contribution >= 0.6 is 0 Å². The molecule has 0 saturated carbocycles. The molecule has 0 aliphatic carbocycles. The Morgan fingerprint density at radius 1 is 1.43 bits per heavy atom. The standard InChI is InChI=1S/C11H15N3/c1-3-12-8(2)11-13-9-6-4-5-7-10(9)14-11/h4-8,12H,3H2,1-2H3,(H,13,14). The SMILES string of the molecule is CCNC(C)c1nc2ccccc2[nH]1. The monoisotopic (exact) mass is 189 g/mol. The molecule has 0 aliphatic rings. The molecule has 0 fully saturated rings. The molecule has 0 amide bonds. The number of fused-ring (bicyclic) bond motifs is 1. The Kier molecular flexibility index (Phi) is 2.50. The van der Waals surface area contributed by atoms with Gasteiger partial charge >= 0.3 is 0 Å². The van der Waals surface area contributed by atoms with Gasteiger partial charge in [-0.2, -0.15) is 0 Å². The van der Waals surface area contributed by atoms with E-state index in [0.717, 1.165) is 23.4 Å². The first-order chi connectivity index (χ1) is 6.81. The van der Waals surface area contributed by atoms with Gasteiger partial charge in [-0.15, -0.1) is 0 Å². The van der Waals surface area contributed by atoms with Gasteiger partial charge in [-0.1, -0.05) is 19.1 Å². The average Bonchev–Trinajstić information content (AvgIpc) is 2.61. The van der Waals surface area contributed by atoms with Gasteiger partial charge in [0.05, 0.1) is 17.1 Å². The van der Waals surface area contributed by atoms with E-state index in [2.05, 4.69) is 29.1 Å². The highest BCUT2D eigenvalue weighted by molar-refractivity contribution is 5.74. The lowest BCUT2D eigenvalue weighted by molar-refractivity contribution is 0.573. The predicted octanol–water partition coefficient (Wildman–Crippen LogP) is 2.23. The van der Waals surface area contributed by atoms with E-state index in [9.17, 15) is 0 Å². The number of hydrogen-bond acceptors (Lipinski definition) is 2. The highest BCUT2D eigenvalue weighted by atomic mass is 15.0. The van der Waals surface area contributed by atoms with Crippen LogP contribution in [0.4, 0.5) is 0 Å². The maximum absolute atomic E-state index is 4.51. The highest BCUT2D eigenvalue weighted by Gasteiger charge is 2.08. The first-order valence-electron chi connectivity index (χ1n) is 4.99. The van der Waals surface area contributed by atoms with Crippen LogP contribution in [0.2, 0.25) is 0 Å². The summed E-state index contributed by atoms with van der Waals surface area (Å²) in [6.07, 6.45) is 0. The second-order valence-corrected chi connectivity index (χ2v) is 3.42. The number of hydrogen-bond donors (Lipinski definition) is 2. The van der Waals surface area contributed by atoms with Crippen LogP contribution in [-0.2, 0) is 0 Å². The van der Waals surface area contributed by atoms with Crippen molar-refractivity contribution < 1.29 is 0 Å². The van der Waals surface area contributed by atoms with E-state index in [0.29, 0.717) is 0 Å². The van der Waals surface area contributed by atoms with Gasteiger partial charge in [0.25, 0.3) is 0 Å². The van der Waals surface area contributed by atoms with Crippen molar-refractivity contribution in [3.63, 3.8) is 0 Å². The zero-order valence-corrected chi connectivity index (χ0v) is 8.54. The van der Waals surface area contributed by atoms with E-state index in [1.54, 1.807) is 0 Å². The van der Waals surface area contributed by atoms with Crippen molar-refractivity contribution in [1.82, 2.24) is 15.3 Å². The summed E-state index contributed by atoms with van der Waals surface area (Å²) in [5, 5.41) is 3.33. The third-order valence-corrected chi connectivity index (χ3v) is 2.33. The smallest absolute Gasteiger partial charge is 0.124 e. The summed E-state index contributed by atoms with van der Waals surface area (Å²) in [6, 6.07) is 8.37. The highest BCUT2D eigenvalue weighted by Crippen LogP contribution is 2.14. The van der Waals surface area contributed by atoms with Gasteiger partial charge in [-0.05, 0) is 25.6 Å². The molecular weight excluding hydrogens is 174 g/mol. The third kappa shape index (κ3) is 1.63. The topological polar surface area (TPSA) is 40.7 Å². The molecule has 1 heterocycles. The van der Waals surface area contributed by atoms with Gasteiger partial charge in [0.2, 0.25) is 0 Å². The van der Waals surface area contributed by atoms with Gasteiger partial charge in [-0.25, -0.2) is 4.98 Å². The van der Waals surface area contributed by atoms with Gasteiger partial charge in [0.15, 0.2) is 0 Å². The van der Waals surface area contributed by atoms with Crippen molar-refractivity contribution in [1.29, 1.82) is 0 Å². The minimum atomic E-state index is 0.285. The molecule has 3 heteroatoms. The van der Waals surface area contributed by atoms with Crippen molar-refractivity contribution in [3.8, 4) is 0 Å². The molecule has 3 nitrogen and oxygen atoms in total. The number of imidazole rings is 1. The first kappa shape index (κ1) is 9.21. The number of benzene rings is 1. The van der Waals surface area contributed by atoms with Gasteiger partial charge in [0, 0.05) is 0 Å². The molecular formula is C11H15N3. The summed E-state index contributed by atoms with van der Waals surface area (Å²) in [4.78, 5) is 7.82. The van der Waals surface area contributed by atoms with Crippen LogP contribution in [0, 0.1) is 0 Å². The van der Waals surface area contributed by atoms with Crippen molar-refractivity contribution >= 4 is 11.0 Å². The largest absolute Gasteiger partial charge is 0.341 e. The number of aromatic nitrogens is 2. The molecule has 0 saturated heterocycles. The normalized spacial score (nSPS) is 13.3. The Morgan fingerprint density at radius 2 is 2.21 bits per heavy atom. The lowest BCUT2D eigenvalue weighted by atomic mass is 10.3. The maximum Gasteiger partial charge on any atom is 0.124 e. The van der Waals surface area contributed by atoms with Crippen LogP contribution in [0.3, 0.4) is 0 Å². The molecule has 0 bridgehead atoms. The summed E-state index contributed by atoms with van der Waals surface area (Å²) >= 11 is 0. The second kappa shape index (κ2) is 3.80. The van der Waals surface area contributed by atoms with Crippen LogP contribution in [-0.4, -0.2) is 16.5 Å². The van der Waals surface area contributed by atoms with Crippen LogP contribution in [0.25, 0.3) is 11.0 Å². The molecule has 0 aliphatic heterocycles. The lowest BCUT2D eigenvalue weighted by Gasteiger charge is -2.07. The number of aromatic amines is 1. The molecule has 1 atom stereocenters. The summed E-state index contributed by atoms with van der Waals surface area (Å²) in [6.45, 7) is 5.17. The zero-order chi connectivity index (χ0) is 9.97. The maximum atomic E-state index is 4.51. The van der Waals surface area contributed by atoms with E-state index in [4.69, 9.17) is 0 Å². The number of para-hydroxylation sites is 2. The number of rotatable bonds is 3. The van der Waals surface area contributed by atoms with Gasteiger partial charge in [-0.3, -0.25) is 0 Å². The number of nitrogens with zero attached hydrogens (tertiary/aromatic N) is 1. The molecule has 1 aromatic heterocycles. The molecule has 2 N–H and O–H groups in total. The molecule has 1 unspecified atom stereocenters.